The summed E-state index contributed by atoms with van der Waals surface area (Å²) in [4.78, 5) is 4.02. The van der Waals surface area contributed by atoms with E-state index in [2.05, 4.69) is 9.36 Å². The number of phenolic OH excluding ortho intramolecular Hbond substituents is 1. The highest BCUT2D eigenvalue weighted by atomic mass is 32.1. The summed E-state index contributed by atoms with van der Waals surface area (Å²) in [6.07, 6.45) is 0. The second-order valence-corrected chi connectivity index (χ2v) is 3.39. The molecule has 0 unspecified atom stereocenters. The molecule has 4 nitrogen and oxygen atoms in total. The summed E-state index contributed by atoms with van der Waals surface area (Å²) in [6.45, 7) is 1.79. The highest BCUT2D eigenvalue weighted by molar-refractivity contribution is 7.07. The lowest BCUT2D eigenvalue weighted by atomic mass is 10.3. The number of phenols is 1. The number of para-hydroxylation sites is 2. The average Bonchev–Trinajstić information content (AvgIpc) is 2.56. The molecule has 0 amide bonds. The van der Waals surface area contributed by atoms with Crippen LogP contribution in [0.4, 0.5) is 0 Å². The first-order chi connectivity index (χ1) is 6.75. The number of hydrogen-bond donors (Lipinski definition) is 1. The monoisotopic (exact) mass is 208 g/mol. The maximum Gasteiger partial charge on any atom is 0.298 e. The van der Waals surface area contributed by atoms with Gasteiger partial charge < -0.3 is 9.84 Å². The fourth-order valence-corrected chi connectivity index (χ4v) is 1.51. The second-order valence-electron chi connectivity index (χ2n) is 2.68. The Bertz CT molecular complexity index is 442. The van der Waals surface area contributed by atoms with Crippen LogP contribution >= 0.6 is 11.5 Å². The van der Waals surface area contributed by atoms with E-state index in [0.29, 0.717) is 16.8 Å². The molecule has 0 spiro atoms. The largest absolute Gasteiger partial charge is 0.504 e. The van der Waals surface area contributed by atoms with Crippen molar-refractivity contribution in [2.24, 2.45) is 0 Å². The molecule has 0 saturated carbocycles. The fourth-order valence-electron chi connectivity index (χ4n) is 0.957. The number of ether oxygens (including phenoxy) is 1. The Morgan fingerprint density at radius 3 is 2.79 bits per heavy atom. The quantitative estimate of drug-likeness (QED) is 0.823. The lowest BCUT2D eigenvalue weighted by Crippen LogP contribution is -1.83. The summed E-state index contributed by atoms with van der Waals surface area (Å²) in [7, 11) is 0. The standard InChI is InChI=1S/C9H8N2O2S/c1-6-10-9(14-11-6)13-8-5-3-2-4-7(8)12/h2-5,12H,1H3. The SMILES string of the molecule is Cc1nsc(Oc2ccccc2O)n1. The predicted molar refractivity (Wildman–Crippen MR) is 52.8 cm³/mol. The maximum atomic E-state index is 9.41. The fraction of sp³-hybridized carbons (Fsp3) is 0.111. The molecule has 0 fully saturated rings. The van der Waals surface area contributed by atoms with Crippen LogP contribution in [-0.4, -0.2) is 14.5 Å². The van der Waals surface area contributed by atoms with Crippen molar-refractivity contribution in [1.82, 2.24) is 9.36 Å². The molecule has 1 heterocycles. The van der Waals surface area contributed by atoms with Gasteiger partial charge in [-0.2, -0.15) is 9.36 Å². The van der Waals surface area contributed by atoms with Crippen LogP contribution in [0.2, 0.25) is 0 Å². The van der Waals surface area contributed by atoms with E-state index in [9.17, 15) is 5.11 Å². The van der Waals surface area contributed by atoms with Crippen molar-refractivity contribution < 1.29 is 9.84 Å². The molecular formula is C9H8N2O2S. The molecule has 0 bridgehead atoms. The smallest absolute Gasteiger partial charge is 0.298 e. The van der Waals surface area contributed by atoms with E-state index in [1.807, 2.05) is 0 Å². The minimum absolute atomic E-state index is 0.0975. The molecule has 0 aliphatic heterocycles. The van der Waals surface area contributed by atoms with Crippen molar-refractivity contribution in [3.63, 3.8) is 0 Å². The normalized spacial score (nSPS) is 10.1. The van der Waals surface area contributed by atoms with Crippen molar-refractivity contribution in [2.75, 3.05) is 0 Å². The van der Waals surface area contributed by atoms with Gasteiger partial charge in [-0.25, -0.2) is 0 Å². The summed E-state index contributed by atoms with van der Waals surface area (Å²) in [5.41, 5.74) is 0. The minimum Gasteiger partial charge on any atom is -0.504 e. The third-order valence-corrected chi connectivity index (χ3v) is 2.26. The zero-order chi connectivity index (χ0) is 9.97. The summed E-state index contributed by atoms with van der Waals surface area (Å²) in [6, 6.07) is 6.74. The van der Waals surface area contributed by atoms with Crippen molar-refractivity contribution >= 4 is 11.5 Å². The molecule has 1 aromatic heterocycles. The number of aryl methyl sites for hydroxylation is 1. The van der Waals surface area contributed by atoms with Crippen molar-refractivity contribution in [2.45, 2.75) is 6.92 Å². The minimum atomic E-state index is 0.0975. The average molecular weight is 208 g/mol. The van der Waals surface area contributed by atoms with Gasteiger partial charge in [0.1, 0.15) is 5.82 Å². The summed E-state index contributed by atoms with van der Waals surface area (Å²) in [5, 5.41) is 9.84. The van der Waals surface area contributed by atoms with E-state index in [4.69, 9.17) is 4.74 Å². The number of aromatic hydroxyl groups is 1. The Labute approximate surface area is 85.0 Å². The van der Waals surface area contributed by atoms with Gasteiger partial charge in [-0.1, -0.05) is 12.1 Å². The molecule has 14 heavy (non-hydrogen) atoms. The highest BCUT2D eigenvalue weighted by Gasteiger charge is 2.05. The zero-order valence-electron chi connectivity index (χ0n) is 7.47. The number of nitrogens with zero attached hydrogens (tertiary/aromatic N) is 2. The number of benzene rings is 1. The van der Waals surface area contributed by atoms with Gasteiger partial charge in [0.25, 0.3) is 5.19 Å². The lowest BCUT2D eigenvalue weighted by Gasteiger charge is -2.01. The zero-order valence-corrected chi connectivity index (χ0v) is 8.28. The third kappa shape index (κ3) is 1.82. The van der Waals surface area contributed by atoms with Gasteiger partial charge in [0.15, 0.2) is 11.5 Å². The molecule has 5 heteroatoms. The van der Waals surface area contributed by atoms with Crippen LogP contribution in [0.3, 0.4) is 0 Å². The van der Waals surface area contributed by atoms with E-state index in [0.717, 1.165) is 11.5 Å². The molecule has 72 valence electrons. The number of hydrogen-bond acceptors (Lipinski definition) is 5. The van der Waals surface area contributed by atoms with Gasteiger partial charge in [0, 0.05) is 11.5 Å². The molecule has 0 aliphatic carbocycles. The first-order valence-corrected chi connectivity index (χ1v) is 4.79. The van der Waals surface area contributed by atoms with Crippen LogP contribution in [0, 0.1) is 6.92 Å². The van der Waals surface area contributed by atoms with Crippen LogP contribution in [0.1, 0.15) is 5.82 Å². The predicted octanol–water partition coefficient (Wildman–Crippen LogP) is 2.34. The first kappa shape index (κ1) is 8.96. The molecule has 0 aliphatic rings. The van der Waals surface area contributed by atoms with E-state index in [-0.39, 0.29) is 5.75 Å². The van der Waals surface area contributed by atoms with Crippen LogP contribution in [0.15, 0.2) is 24.3 Å². The lowest BCUT2D eigenvalue weighted by molar-refractivity contribution is 0.409. The summed E-state index contributed by atoms with van der Waals surface area (Å²) in [5.74, 6) is 1.16. The van der Waals surface area contributed by atoms with Crippen LogP contribution in [0.25, 0.3) is 0 Å². The Kier molecular flexibility index (Phi) is 2.32. The van der Waals surface area contributed by atoms with Crippen molar-refractivity contribution in [1.29, 1.82) is 0 Å². The van der Waals surface area contributed by atoms with E-state index in [1.54, 1.807) is 31.2 Å². The van der Waals surface area contributed by atoms with E-state index < -0.39 is 0 Å². The van der Waals surface area contributed by atoms with Crippen molar-refractivity contribution in [3.8, 4) is 16.7 Å². The Balaban J connectivity index is 2.23. The van der Waals surface area contributed by atoms with Crippen LogP contribution in [-0.2, 0) is 0 Å². The molecule has 2 aromatic rings. The number of rotatable bonds is 2. The molecule has 2 rings (SSSR count). The van der Waals surface area contributed by atoms with Crippen LogP contribution in [0.5, 0.6) is 16.7 Å². The van der Waals surface area contributed by atoms with Gasteiger partial charge in [-0.05, 0) is 19.1 Å². The van der Waals surface area contributed by atoms with E-state index in [1.165, 1.54) is 0 Å². The van der Waals surface area contributed by atoms with Gasteiger partial charge >= 0.3 is 0 Å². The summed E-state index contributed by atoms with van der Waals surface area (Å²) >= 11 is 1.16. The summed E-state index contributed by atoms with van der Waals surface area (Å²) < 4.78 is 9.29. The van der Waals surface area contributed by atoms with Gasteiger partial charge in [0.05, 0.1) is 0 Å². The van der Waals surface area contributed by atoms with E-state index >= 15 is 0 Å². The molecule has 0 saturated heterocycles. The number of aromatic nitrogens is 2. The maximum absolute atomic E-state index is 9.41. The van der Waals surface area contributed by atoms with Gasteiger partial charge in [-0.3, -0.25) is 0 Å². The molecule has 0 atom stereocenters. The topological polar surface area (TPSA) is 55.2 Å². The first-order valence-electron chi connectivity index (χ1n) is 4.02. The Hall–Kier alpha value is -1.62. The molecule has 1 aromatic carbocycles. The van der Waals surface area contributed by atoms with Gasteiger partial charge in [0.2, 0.25) is 0 Å². The molecular weight excluding hydrogens is 200 g/mol. The highest BCUT2D eigenvalue weighted by Crippen LogP contribution is 2.30. The van der Waals surface area contributed by atoms with Crippen LogP contribution < -0.4 is 4.74 Å². The Morgan fingerprint density at radius 1 is 1.36 bits per heavy atom. The molecule has 0 radical (unpaired) electrons. The molecule has 1 N–H and O–H groups in total. The second kappa shape index (κ2) is 3.63. The third-order valence-electron chi connectivity index (χ3n) is 1.57. The Morgan fingerprint density at radius 2 is 2.14 bits per heavy atom. The van der Waals surface area contributed by atoms with Gasteiger partial charge in [-0.15, -0.1) is 0 Å². The van der Waals surface area contributed by atoms with Crippen molar-refractivity contribution in [3.05, 3.63) is 30.1 Å².